The fraction of sp³-hybridized carbons (Fsp3) is 0.526. The zero-order chi connectivity index (χ0) is 21.6. The first-order chi connectivity index (χ1) is 13.5. The summed E-state index contributed by atoms with van der Waals surface area (Å²) in [7, 11) is -3.84. The second-order valence-electron chi connectivity index (χ2n) is 7.79. The Morgan fingerprint density at radius 2 is 1.70 bits per heavy atom. The molecule has 0 radical (unpaired) electrons. The van der Waals surface area contributed by atoms with Gasteiger partial charge in [0.2, 0.25) is 26.0 Å². The predicted octanol–water partition coefficient (Wildman–Crippen LogP) is 1.64. The second kappa shape index (κ2) is 8.96. The molecule has 3 rings (SSSR count). The predicted molar refractivity (Wildman–Crippen MR) is 117 cm³/mol. The molecule has 1 aromatic carbocycles. The van der Waals surface area contributed by atoms with Gasteiger partial charge in [-0.2, -0.15) is 4.31 Å². The number of carbonyl (C=O) groups excluding carboxylic acids is 1. The van der Waals surface area contributed by atoms with Gasteiger partial charge in [0.1, 0.15) is 0 Å². The highest BCUT2D eigenvalue weighted by Gasteiger charge is 2.55. The topological polar surface area (TPSA) is 95.1 Å². The summed E-state index contributed by atoms with van der Waals surface area (Å²) in [6, 6.07) is 5.87. The molecule has 0 bridgehead atoms. The Morgan fingerprint density at radius 3 is 2.20 bits per heavy atom. The van der Waals surface area contributed by atoms with Gasteiger partial charge in [0.25, 0.3) is 0 Å². The van der Waals surface area contributed by atoms with Crippen LogP contribution in [0.25, 0.3) is 0 Å². The molecule has 1 fully saturated rings. The van der Waals surface area contributed by atoms with Gasteiger partial charge < -0.3 is 4.90 Å². The van der Waals surface area contributed by atoms with Crippen molar-refractivity contribution in [3.8, 4) is 0 Å². The number of sulfonamides is 2. The van der Waals surface area contributed by atoms with Gasteiger partial charge in [-0.25, -0.2) is 21.1 Å². The van der Waals surface area contributed by atoms with E-state index < -0.39 is 37.9 Å². The van der Waals surface area contributed by atoms with Crippen LogP contribution >= 0.6 is 12.4 Å². The Labute approximate surface area is 185 Å². The van der Waals surface area contributed by atoms with E-state index in [1.165, 1.54) is 10.4 Å². The fourth-order valence-electron chi connectivity index (χ4n) is 4.05. The summed E-state index contributed by atoms with van der Waals surface area (Å²) in [6.45, 7) is 2.62. The van der Waals surface area contributed by atoms with Crippen LogP contribution < -0.4 is 0 Å². The molecule has 2 aliphatic rings. The standard InChI is InChI=1S/C19H27N3O5S2.ClH/c1-5-6-16-18-17(22(19(16)23)28(4,24)25)11-12-21(18)29(26,27)15-9-7-14(8-10-15)13-20(2)3;/h7-11,16,18H,5-6,12-13H2,1-4H3;1H/t16-,18-;/m1./s1. The van der Waals surface area contributed by atoms with E-state index in [2.05, 4.69) is 0 Å². The number of hydrogen-bond acceptors (Lipinski definition) is 6. The normalized spacial score (nSPS) is 22.2. The molecule has 2 aliphatic heterocycles. The fourth-order valence-corrected chi connectivity index (χ4v) is 6.65. The summed E-state index contributed by atoms with van der Waals surface area (Å²) in [4.78, 5) is 14.9. The van der Waals surface area contributed by atoms with Crippen LogP contribution in [-0.4, -0.2) is 69.2 Å². The van der Waals surface area contributed by atoms with Crippen molar-refractivity contribution in [3.63, 3.8) is 0 Å². The second-order valence-corrected chi connectivity index (χ2v) is 11.5. The van der Waals surface area contributed by atoms with Gasteiger partial charge in [-0.1, -0.05) is 25.5 Å². The molecular weight excluding hydrogens is 450 g/mol. The van der Waals surface area contributed by atoms with E-state index in [0.717, 1.165) is 16.1 Å². The molecule has 1 saturated heterocycles. The first kappa shape index (κ1) is 24.8. The Hall–Kier alpha value is -1.46. The molecule has 0 spiro atoms. The highest BCUT2D eigenvalue weighted by molar-refractivity contribution is 7.89. The van der Waals surface area contributed by atoms with Crippen LogP contribution in [0.3, 0.4) is 0 Å². The van der Waals surface area contributed by atoms with Gasteiger partial charge in [0.05, 0.1) is 28.8 Å². The van der Waals surface area contributed by atoms with Gasteiger partial charge in [-0.05, 0) is 44.3 Å². The molecule has 2 heterocycles. The van der Waals surface area contributed by atoms with E-state index in [4.69, 9.17) is 0 Å². The summed E-state index contributed by atoms with van der Waals surface area (Å²) in [5.74, 6) is -1.25. The van der Waals surface area contributed by atoms with Crippen molar-refractivity contribution >= 4 is 38.4 Å². The lowest BCUT2D eigenvalue weighted by molar-refractivity contribution is -0.127. The SMILES string of the molecule is CCC[C@H]1C(=O)N(S(C)(=O)=O)C2=CCN(S(=O)(=O)c3ccc(CN(C)C)cc3)[C@@H]21.Cl. The van der Waals surface area contributed by atoms with Crippen molar-refractivity contribution in [3.05, 3.63) is 41.6 Å². The third-order valence-electron chi connectivity index (χ3n) is 5.19. The lowest BCUT2D eigenvalue weighted by Crippen LogP contribution is -2.41. The lowest BCUT2D eigenvalue weighted by atomic mass is 9.97. The number of benzene rings is 1. The molecule has 1 amide bonds. The van der Waals surface area contributed by atoms with Crippen molar-refractivity contribution in [2.75, 3.05) is 26.9 Å². The van der Waals surface area contributed by atoms with Crippen LogP contribution in [0.2, 0.25) is 0 Å². The number of fused-ring (bicyclic) bond motifs is 1. The zero-order valence-electron chi connectivity index (χ0n) is 17.5. The Morgan fingerprint density at radius 1 is 1.10 bits per heavy atom. The maximum Gasteiger partial charge on any atom is 0.245 e. The van der Waals surface area contributed by atoms with Crippen LogP contribution in [0.15, 0.2) is 40.9 Å². The highest BCUT2D eigenvalue weighted by atomic mass is 35.5. The average molecular weight is 478 g/mol. The van der Waals surface area contributed by atoms with Crippen LogP contribution in [0.1, 0.15) is 25.3 Å². The van der Waals surface area contributed by atoms with Crippen LogP contribution in [0, 0.1) is 5.92 Å². The number of nitrogens with zero attached hydrogens (tertiary/aromatic N) is 3. The molecule has 0 N–H and O–H groups in total. The minimum atomic E-state index is -3.89. The van der Waals surface area contributed by atoms with Gasteiger partial charge >= 0.3 is 0 Å². The largest absolute Gasteiger partial charge is 0.305 e. The first-order valence-electron chi connectivity index (χ1n) is 9.48. The molecule has 8 nitrogen and oxygen atoms in total. The van der Waals surface area contributed by atoms with Crippen LogP contribution in [0.5, 0.6) is 0 Å². The van der Waals surface area contributed by atoms with E-state index in [9.17, 15) is 21.6 Å². The Bertz CT molecular complexity index is 1040. The van der Waals surface area contributed by atoms with E-state index in [1.807, 2.05) is 25.9 Å². The van der Waals surface area contributed by atoms with Gasteiger partial charge in [0.15, 0.2) is 0 Å². The van der Waals surface area contributed by atoms with E-state index >= 15 is 0 Å². The third-order valence-corrected chi connectivity index (χ3v) is 8.10. The smallest absolute Gasteiger partial charge is 0.245 e. The minimum absolute atomic E-state index is 0. The van der Waals surface area contributed by atoms with Crippen molar-refractivity contribution in [1.82, 2.24) is 13.5 Å². The number of amides is 1. The summed E-state index contributed by atoms with van der Waals surface area (Å²) >= 11 is 0. The molecule has 1 aromatic rings. The minimum Gasteiger partial charge on any atom is -0.305 e. The highest BCUT2D eigenvalue weighted by Crippen LogP contribution is 2.42. The molecule has 0 aromatic heterocycles. The number of carbonyl (C=O) groups is 1. The van der Waals surface area contributed by atoms with Crippen LogP contribution in [-0.2, 0) is 31.4 Å². The number of rotatable bonds is 7. The number of hydrogen-bond donors (Lipinski definition) is 0. The molecule has 0 unspecified atom stereocenters. The molecule has 30 heavy (non-hydrogen) atoms. The summed E-state index contributed by atoms with van der Waals surface area (Å²) in [5, 5.41) is 0. The van der Waals surface area contributed by atoms with Gasteiger partial charge in [0, 0.05) is 13.1 Å². The van der Waals surface area contributed by atoms with Crippen molar-refractivity contribution in [2.45, 2.75) is 37.2 Å². The summed E-state index contributed by atoms with van der Waals surface area (Å²) < 4.78 is 53.1. The van der Waals surface area contributed by atoms with Gasteiger partial charge in [-0.15, -0.1) is 12.4 Å². The monoisotopic (exact) mass is 477 g/mol. The molecule has 168 valence electrons. The molecule has 11 heteroatoms. The number of halogens is 1. The molecular formula is C19H28ClN3O5S2. The first-order valence-corrected chi connectivity index (χ1v) is 12.8. The maximum absolute atomic E-state index is 13.3. The van der Waals surface area contributed by atoms with Crippen LogP contribution in [0.4, 0.5) is 0 Å². The van der Waals surface area contributed by atoms with Gasteiger partial charge in [-0.3, -0.25) is 4.79 Å². The van der Waals surface area contributed by atoms with E-state index in [-0.39, 0.29) is 29.5 Å². The van der Waals surface area contributed by atoms with Crippen molar-refractivity contribution in [2.24, 2.45) is 5.92 Å². The summed E-state index contributed by atoms with van der Waals surface area (Å²) in [5.41, 5.74) is 1.24. The Kier molecular flexibility index (Phi) is 7.41. The Balaban J connectivity index is 0.00000320. The summed E-state index contributed by atoms with van der Waals surface area (Å²) in [6.07, 6.45) is 3.57. The molecule has 0 aliphatic carbocycles. The lowest BCUT2D eigenvalue weighted by Gasteiger charge is -2.26. The average Bonchev–Trinajstić information content (AvgIpc) is 3.13. The van der Waals surface area contributed by atoms with Crippen molar-refractivity contribution < 1.29 is 21.6 Å². The van der Waals surface area contributed by atoms with E-state index in [1.54, 1.807) is 24.3 Å². The third kappa shape index (κ3) is 4.43. The maximum atomic E-state index is 13.3. The zero-order valence-corrected chi connectivity index (χ0v) is 19.9. The molecule has 2 atom stereocenters. The van der Waals surface area contributed by atoms with E-state index in [0.29, 0.717) is 19.4 Å². The molecule has 0 saturated carbocycles. The quantitative estimate of drug-likeness (QED) is 0.592. The van der Waals surface area contributed by atoms with Crippen molar-refractivity contribution in [1.29, 1.82) is 0 Å².